The van der Waals surface area contributed by atoms with Crippen LogP contribution in [0, 0.1) is 0 Å². The molecule has 2 rings (SSSR count). The third-order valence-corrected chi connectivity index (χ3v) is 3.50. The van der Waals surface area contributed by atoms with Gasteiger partial charge in [0.15, 0.2) is 0 Å². The normalized spacial score (nSPS) is 16.9. The quantitative estimate of drug-likeness (QED) is 0.745. The lowest BCUT2D eigenvalue weighted by Crippen LogP contribution is -2.36. The average Bonchev–Trinajstić information content (AvgIpc) is 2.48. The fourth-order valence-corrected chi connectivity index (χ4v) is 2.18. The molecule has 0 amide bonds. The Morgan fingerprint density at radius 3 is 2.80 bits per heavy atom. The Balaban J connectivity index is 1.70. The maximum atomic E-state index is 5.76. The average molecular weight is 275 g/mol. The zero-order valence-corrected chi connectivity index (χ0v) is 12.5. The first kappa shape index (κ1) is 15.1. The molecule has 1 saturated heterocycles. The van der Waals surface area contributed by atoms with Crippen LogP contribution in [-0.4, -0.2) is 44.4 Å². The topological polar surface area (TPSA) is 21.7 Å². The minimum Gasteiger partial charge on any atom is -0.490 e. The fraction of sp³-hybridized carbons (Fsp3) is 0.529. The third kappa shape index (κ3) is 4.99. The number of morpholine rings is 1. The van der Waals surface area contributed by atoms with Crippen molar-refractivity contribution < 1.29 is 9.47 Å². The highest BCUT2D eigenvalue weighted by Crippen LogP contribution is 2.19. The van der Waals surface area contributed by atoms with Crippen molar-refractivity contribution in [3.8, 4) is 5.75 Å². The van der Waals surface area contributed by atoms with Gasteiger partial charge in [0.05, 0.1) is 13.2 Å². The summed E-state index contributed by atoms with van der Waals surface area (Å²) in [6, 6.07) is 8.34. The van der Waals surface area contributed by atoms with Gasteiger partial charge >= 0.3 is 0 Å². The van der Waals surface area contributed by atoms with Gasteiger partial charge in [0, 0.05) is 19.6 Å². The summed E-state index contributed by atoms with van der Waals surface area (Å²) in [6.07, 6.45) is 4.27. The lowest BCUT2D eigenvalue weighted by atomic mass is 10.0. The first-order valence-corrected chi connectivity index (χ1v) is 7.43. The predicted octanol–water partition coefficient (Wildman–Crippen LogP) is 3.08. The van der Waals surface area contributed by atoms with E-state index in [9.17, 15) is 0 Å². The number of hydrogen-bond donors (Lipinski definition) is 0. The van der Waals surface area contributed by atoms with Gasteiger partial charge in [-0.3, -0.25) is 4.90 Å². The van der Waals surface area contributed by atoms with Crippen LogP contribution in [0.1, 0.15) is 25.3 Å². The van der Waals surface area contributed by atoms with E-state index in [2.05, 4.69) is 49.1 Å². The zero-order chi connectivity index (χ0) is 14.2. The van der Waals surface area contributed by atoms with Crippen LogP contribution in [0.2, 0.25) is 0 Å². The lowest BCUT2D eigenvalue weighted by molar-refractivity contribution is 0.0434. The molecular weight excluding hydrogens is 250 g/mol. The molecule has 0 saturated carbocycles. The van der Waals surface area contributed by atoms with Gasteiger partial charge in [-0.15, -0.1) is 0 Å². The van der Waals surface area contributed by atoms with Crippen molar-refractivity contribution in [1.29, 1.82) is 0 Å². The SMILES string of the molecule is CC(C)c1cccc(OC/C=C/CN2CCOCC2)c1. The first-order valence-electron chi connectivity index (χ1n) is 7.43. The number of ether oxygens (including phenoxy) is 2. The summed E-state index contributed by atoms with van der Waals surface area (Å²) in [5.41, 5.74) is 1.32. The smallest absolute Gasteiger partial charge is 0.120 e. The minimum atomic E-state index is 0.537. The second-order valence-corrected chi connectivity index (χ2v) is 5.42. The molecule has 1 aromatic carbocycles. The number of rotatable bonds is 6. The van der Waals surface area contributed by atoms with Crippen LogP contribution in [0.3, 0.4) is 0 Å². The highest BCUT2D eigenvalue weighted by atomic mass is 16.5. The van der Waals surface area contributed by atoms with E-state index in [1.54, 1.807) is 0 Å². The second kappa shape index (κ2) is 8.08. The molecule has 0 aromatic heterocycles. The molecule has 0 atom stereocenters. The summed E-state index contributed by atoms with van der Waals surface area (Å²) in [6.45, 7) is 9.77. The zero-order valence-electron chi connectivity index (χ0n) is 12.5. The largest absolute Gasteiger partial charge is 0.490 e. The molecule has 3 nitrogen and oxygen atoms in total. The van der Waals surface area contributed by atoms with E-state index < -0.39 is 0 Å². The molecule has 0 N–H and O–H groups in total. The van der Waals surface area contributed by atoms with Crippen molar-refractivity contribution in [3.05, 3.63) is 42.0 Å². The van der Waals surface area contributed by atoms with Crippen LogP contribution in [0.25, 0.3) is 0 Å². The summed E-state index contributed by atoms with van der Waals surface area (Å²) in [5.74, 6) is 1.49. The Labute approximate surface area is 122 Å². The summed E-state index contributed by atoms with van der Waals surface area (Å²) in [7, 11) is 0. The van der Waals surface area contributed by atoms with E-state index in [0.29, 0.717) is 12.5 Å². The standard InChI is InChI=1S/C17H25NO2/c1-15(2)16-6-5-7-17(14-16)20-11-4-3-8-18-9-12-19-13-10-18/h3-7,14-15H,8-13H2,1-2H3/b4-3+. The highest BCUT2D eigenvalue weighted by molar-refractivity contribution is 5.30. The fourth-order valence-electron chi connectivity index (χ4n) is 2.18. The van der Waals surface area contributed by atoms with Gasteiger partial charge in [0.25, 0.3) is 0 Å². The number of hydrogen-bond acceptors (Lipinski definition) is 3. The monoisotopic (exact) mass is 275 g/mol. The van der Waals surface area contributed by atoms with Gasteiger partial charge in [-0.1, -0.05) is 38.1 Å². The van der Waals surface area contributed by atoms with Gasteiger partial charge in [0.1, 0.15) is 12.4 Å². The van der Waals surface area contributed by atoms with E-state index >= 15 is 0 Å². The Bertz CT molecular complexity index is 423. The van der Waals surface area contributed by atoms with Crippen LogP contribution in [0.4, 0.5) is 0 Å². The summed E-state index contributed by atoms with van der Waals surface area (Å²) in [5, 5.41) is 0. The molecule has 0 radical (unpaired) electrons. The Kier molecular flexibility index (Phi) is 6.09. The molecule has 0 aliphatic carbocycles. The van der Waals surface area contributed by atoms with E-state index in [4.69, 9.17) is 9.47 Å². The van der Waals surface area contributed by atoms with Crippen molar-refractivity contribution in [1.82, 2.24) is 4.90 Å². The minimum absolute atomic E-state index is 0.537. The number of benzene rings is 1. The predicted molar refractivity (Wildman–Crippen MR) is 82.4 cm³/mol. The number of nitrogens with zero attached hydrogens (tertiary/aromatic N) is 1. The Hall–Kier alpha value is -1.32. The molecule has 1 aromatic rings. The van der Waals surface area contributed by atoms with Crippen LogP contribution in [-0.2, 0) is 4.74 Å². The van der Waals surface area contributed by atoms with Crippen LogP contribution in [0.5, 0.6) is 5.75 Å². The molecule has 1 aliphatic heterocycles. The van der Waals surface area contributed by atoms with Gasteiger partial charge in [-0.2, -0.15) is 0 Å². The van der Waals surface area contributed by atoms with Gasteiger partial charge < -0.3 is 9.47 Å². The lowest BCUT2D eigenvalue weighted by Gasteiger charge is -2.25. The van der Waals surface area contributed by atoms with Crippen molar-refractivity contribution in [2.45, 2.75) is 19.8 Å². The van der Waals surface area contributed by atoms with Crippen molar-refractivity contribution in [3.63, 3.8) is 0 Å². The van der Waals surface area contributed by atoms with Gasteiger partial charge in [0.2, 0.25) is 0 Å². The van der Waals surface area contributed by atoms with E-state index in [0.717, 1.165) is 38.6 Å². The third-order valence-electron chi connectivity index (χ3n) is 3.50. The summed E-state index contributed by atoms with van der Waals surface area (Å²) >= 11 is 0. The molecule has 0 bridgehead atoms. The Morgan fingerprint density at radius 1 is 1.25 bits per heavy atom. The van der Waals surface area contributed by atoms with E-state index in [-0.39, 0.29) is 0 Å². The molecule has 110 valence electrons. The maximum absolute atomic E-state index is 5.76. The van der Waals surface area contributed by atoms with Crippen LogP contribution < -0.4 is 4.74 Å². The molecular formula is C17H25NO2. The van der Waals surface area contributed by atoms with Crippen LogP contribution >= 0.6 is 0 Å². The van der Waals surface area contributed by atoms with E-state index in [1.807, 2.05) is 6.07 Å². The molecule has 20 heavy (non-hydrogen) atoms. The molecule has 1 fully saturated rings. The Morgan fingerprint density at radius 2 is 2.05 bits per heavy atom. The molecule has 3 heteroatoms. The highest BCUT2D eigenvalue weighted by Gasteiger charge is 2.07. The van der Waals surface area contributed by atoms with Crippen molar-refractivity contribution >= 4 is 0 Å². The molecule has 0 unspecified atom stereocenters. The second-order valence-electron chi connectivity index (χ2n) is 5.42. The molecule has 1 aliphatic rings. The van der Waals surface area contributed by atoms with E-state index in [1.165, 1.54) is 5.56 Å². The van der Waals surface area contributed by atoms with Crippen molar-refractivity contribution in [2.24, 2.45) is 0 Å². The van der Waals surface area contributed by atoms with Gasteiger partial charge in [-0.25, -0.2) is 0 Å². The van der Waals surface area contributed by atoms with Gasteiger partial charge in [-0.05, 0) is 23.6 Å². The maximum Gasteiger partial charge on any atom is 0.120 e. The summed E-state index contributed by atoms with van der Waals surface area (Å²) < 4.78 is 11.1. The molecule has 1 heterocycles. The van der Waals surface area contributed by atoms with Crippen molar-refractivity contribution in [2.75, 3.05) is 39.5 Å². The first-order chi connectivity index (χ1) is 9.75. The summed E-state index contributed by atoms with van der Waals surface area (Å²) in [4.78, 5) is 2.39. The van der Waals surface area contributed by atoms with Crippen LogP contribution in [0.15, 0.2) is 36.4 Å². The molecule has 0 spiro atoms.